The first-order valence-electron chi connectivity index (χ1n) is 7.07. The fourth-order valence-corrected chi connectivity index (χ4v) is 2.02. The van der Waals surface area contributed by atoms with Crippen molar-refractivity contribution in [3.63, 3.8) is 0 Å². The van der Waals surface area contributed by atoms with E-state index in [0.717, 1.165) is 24.2 Å². The van der Waals surface area contributed by atoms with E-state index < -0.39 is 6.10 Å². The summed E-state index contributed by atoms with van der Waals surface area (Å²) in [5, 5.41) is 6.85. The fourth-order valence-electron chi connectivity index (χ4n) is 2.02. The molecule has 20 heavy (non-hydrogen) atoms. The van der Waals surface area contributed by atoms with Crippen LogP contribution in [0.4, 0.5) is 0 Å². The molecule has 0 bridgehead atoms. The monoisotopic (exact) mass is 275 g/mol. The number of carbonyl (C=O) groups excluding carboxylic acids is 1. The maximum atomic E-state index is 11.9. The molecule has 0 spiro atoms. The van der Waals surface area contributed by atoms with E-state index in [-0.39, 0.29) is 5.91 Å². The minimum Gasteiger partial charge on any atom is -0.382 e. The molecule has 2 heterocycles. The van der Waals surface area contributed by atoms with Crippen molar-refractivity contribution in [1.82, 2.24) is 10.3 Å². The molecule has 2 rings (SSSR count). The molecule has 0 radical (unpaired) electrons. The summed E-state index contributed by atoms with van der Waals surface area (Å²) in [5.74, 6) is 0.252. The lowest BCUT2D eigenvalue weighted by atomic mass is 10.0. The average molecular weight is 275 g/mol. The van der Waals surface area contributed by atoms with E-state index >= 15 is 0 Å². The van der Waals surface area contributed by atoms with E-state index in [1.165, 1.54) is 0 Å². The van der Waals surface area contributed by atoms with Crippen molar-refractivity contribution in [2.45, 2.75) is 39.2 Å². The van der Waals surface area contributed by atoms with E-state index in [4.69, 9.17) is 4.84 Å². The van der Waals surface area contributed by atoms with Gasteiger partial charge in [0, 0.05) is 24.9 Å². The normalized spacial score (nSPS) is 17.8. The zero-order chi connectivity index (χ0) is 14.4. The molecule has 1 atom stereocenters. The molecule has 0 saturated carbocycles. The minimum absolute atomic E-state index is 0.0783. The van der Waals surface area contributed by atoms with E-state index in [9.17, 15) is 4.79 Å². The largest absolute Gasteiger partial charge is 0.382 e. The fraction of sp³-hybridized carbons (Fsp3) is 0.533. The molecule has 1 aliphatic rings. The Kier molecular flexibility index (Phi) is 5.09. The molecule has 0 saturated heterocycles. The van der Waals surface area contributed by atoms with E-state index in [1.807, 2.05) is 18.2 Å². The third kappa shape index (κ3) is 4.05. The third-order valence-electron chi connectivity index (χ3n) is 3.29. The molecular weight excluding hydrogens is 254 g/mol. The lowest BCUT2D eigenvalue weighted by Gasteiger charge is -2.09. The molecule has 1 aromatic rings. The SMILES string of the molecule is CC(C)C1=NOC(C(=O)NCCCc2ccccn2)C1. The summed E-state index contributed by atoms with van der Waals surface area (Å²) in [6.07, 6.45) is 3.66. The highest BCUT2D eigenvalue weighted by molar-refractivity contribution is 5.93. The number of hydrogen-bond donors (Lipinski definition) is 1. The molecular formula is C15H21N3O2. The summed E-state index contributed by atoms with van der Waals surface area (Å²) in [4.78, 5) is 21.3. The molecule has 1 unspecified atom stereocenters. The summed E-state index contributed by atoms with van der Waals surface area (Å²) in [6.45, 7) is 4.73. The molecule has 1 aliphatic heterocycles. The van der Waals surface area contributed by atoms with Crippen molar-refractivity contribution < 1.29 is 9.63 Å². The molecule has 0 aliphatic carbocycles. The first kappa shape index (κ1) is 14.5. The van der Waals surface area contributed by atoms with Gasteiger partial charge in [0.1, 0.15) is 0 Å². The Hall–Kier alpha value is -1.91. The van der Waals surface area contributed by atoms with Gasteiger partial charge in [-0.05, 0) is 30.9 Å². The van der Waals surface area contributed by atoms with Crippen LogP contribution in [0, 0.1) is 5.92 Å². The molecule has 0 aromatic carbocycles. The second-order valence-electron chi connectivity index (χ2n) is 5.25. The van der Waals surface area contributed by atoms with Gasteiger partial charge < -0.3 is 10.2 Å². The Balaban J connectivity index is 1.64. The molecule has 1 aromatic heterocycles. The number of nitrogens with one attached hydrogen (secondary N) is 1. The summed E-state index contributed by atoms with van der Waals surface area (Å²) in [6, 6.07) is 5.86. The van der Waals surface area contributed by atoms with E-state index in [2.05, 4.69) is 29.3 Å². The first-order chi connectivity index (χ1) is 9.66. The van der Waals surface area contributed by atoms with Gasteiger partial charge in [-0.3, -0.25) is 9.78 Å². The van der Waals surface area contributed by atoms with Gasteiger partial charge in [0.25, 0.3) is 5.91 Å². The number of oxime groups is 1. The van der Waals surface area contributed by atoms with Crippen molar-refractivity contribution in [2.75, 3.05) is 6.54 Å². The second-order valence-corrected chi connectivity index (χ2v) is 5.25. The van der Waals surface area contributed by atoms with Crippen molar-refractivity contribution in [1.29, 1.82) is 0 Å². The molecule has 108 valence electrons. The highest BCUT2D eigenvalue weighted by Crippen LogP contribution is 2.15. The highest BCUT2D eigenvalue weighted by Gasteiger charge is 2.28. The van der Waals surface area contributed by atoms with Crippen LogP contribution in [0.15, 0.2) is 29.6 Å². The summed E-state index contributed by atoms with van der Waals surface area (Å²) < 4.78 is 0. The molecule has 5 heteroatoms. The van der Waals surface area contributed by atoms with Gasteiger partial charge in [-0.1, -0.05) is 25.1 Å². The number of carbonyl (C=O) groups is 1. The zero-order valence-corrected chi connectivity index (χ0v) is 12.0. The van der Waals surface area contributed by atoms with Crippen molar-refractivity contribution in [3.05, 3.63) is 30.1 Å². The number of aryl methyl sites for hydroxylation is 1. The van der Waals surface area contributed by atoms with Crippen LogP contribution in [0.1, 0.15) is 32.4 Å². The second kappa shape index (κ2) is 7.03. The Bertz CT molecular complexity index is 471. The minimum atomic E-state index is -0.456. The van der Waals surface area contributed by atoms with Crippen LogP contribution in [-0.4, -0.2) is 29.3 Å². The van der Waals surface area contributed by atoms with Crippen LogP contribution in [0.2, 0.25) is 0 Å². The van der Waals surface area contributed by atoms with Crippen LogP contribution in [-0.2, 0) is 16.1 Å². The Labute approximate surface area is 119 Å². The quantitative estimate of drug-likeness (QED) is 0.807. The molecule has 5 nitrogen and oxygen atoms in total. The molecule has 1 N–H and O–H groups in total. The smallest absolute Gasteiger partial charge is 0.264 e. The number of rotatable bonds is 6. The van der Waals surface area contributed by atoms with Gasteiger partial charge >= 0.3 is 0 Å². The van der Waals surface area contributed by atoms with Gasteiger partial charge in [-0.15, -0.1) is 0 Å². The lowest BCUT2D eigenvalue weighted by molar-refractivity contribution is -0.131. The maximum absolute atomic E-state index is 11.9. The van der Waals surface area contributed by atoms with Crippen LogP contribution in [0.5, 0.6) is 0 Å². The molecule has 0 fully saturated rings. The van der Waals surface area contributed by atoms with Gasteiger partial charge in [0.05, 0.1) is 5.71 Å². The number of pyridine rings is 1. The van der Waals surface area contributed by atoms with Crippen LogP contribution >= 0.6 is 0 Å². The van der Waals surface area contributed by atoms with E-state index in [1.54, 1.807) is 6.20 Å². The Morgan fingerprint density at radius 1 is 1.50 bits per heavy atom. The number of hydrogen-bond acceptors (Lipinski definition) is 4. The van der Waals surface area contributed by atoms with Crippen LogP contribution in [0.3, 0.4) is 0 Å². The number of nitrogens with zero attached hydrogens (tertiary/aromatic N) is 2. The summed E-state index contributed by atoms with van der Waals surface area (Å²) in [7, 11) is 0. The van der Waals surface area contributed by atoms with Gasteiger partial charge in [0.15, 0.2) is 0 Å². The number of amides is 1. The Morgan fingerprint density at radius 2 is 2.35 bits per heavy atom. The predicted molar refractivity (Wildman–Crippen MR) is 77.3 cm³/mol. The zero-order valence-electron chi connectivity index (χ0n) is 12.0. The van der Waals surface area contributed by atoms with Gasteiger partial charge in [-0.2, -0.15) is 0 Å². The topological polar surface area (TPSA) is 63.6 Å². The number of aromatic nitrogens is 1. The molecule has 1 amide bonds. The summed E-state index contributed by atoms with van der Waals surface area (Å²) >= 11 is 0. The first-order valence-corrected chi connectivity index (χ1v) is 7.07. The van der Waals surface area contributed by atoms with Gasteiger partial charge in [0.2, 0.25) is 6.10 Å². The summed E-state index contributed by atoms with van der Waals surface area (Å²) in [5.41, 5.74) is 2.00. The van der Waals surface area contributed by atoms with Crippen LogP contribution < -0.4 is 5.32 Å². The maximum Gasteiger partial charge on any atom is 0.264 e. The highest BCUT2D eigenvalue weighted by atomic mass is 16.6. The van der Waals surface area contributed by atoms with E-state index in [0.29, 0.717) is 18.9 Å². The van der Waals surface area contributed by atoms with Crippen molar-refractivity contribution in [2.24, 2.45) is 11.1 Å². The van der Waals surface area contributed by atoms with Crippen LogP contribution in [0.25, 0.3) is 0 Å². The predicted octanol–water partition coefficient (Wildman–Crippen LogP) is 1.93. The lowest BCUT2D eigenvalue weighted by Crippen LogP contribution is -2.35. The van der Waals surface area contributed by atoms with Crippen molar-refractivity contribution in [3.8, 4) is 0 Å². The average Bonchev–Trinajstić information content (AvgIpc) is 2.94. The Morgan fingerprint density at radius 3 is 3.00 bits per heavy atom. The standard InChI is InChI=1S/C15H21N3O2/c1-11(2)13-10-14(20-18-13)15(19)17-9-5-7-12-6-3-4-8-16-12/h3-4,6,8,11,14H,5,7,9-10H2,1-2H3,(H,17,19). The van der Waals surface area contributed by atoms with Gasteiger partial charge in [-0.25, -0.2) is 0 Å². The van der Waals surface area contributed by atoms with Crippen molar-refractivity contribution >= 4 is 11.6 Å². The third-order valence-corrected chi connectivity index (χ3v) is 3.29.